The van der Waals surface area contributed by atoms with E-state index in [1.54, 1.807) is 0 Å². The highest BCUT2D eigenvalue weighted by Gasteiger charge is 2.21. The molecule has 25 heavy (non-hydrogen) atoms. The number of rotatable bonds is 3. The van der Waals surface area contributed by atoms with Crippen LogP contribution in [0.4, 0.5) is 5.82 Å². The van der Waals surface area contributed by atoms with Crippen molar-refractivity contribution in [2.24, 2.45) is 0 Å². The molecular weight excluding hydrogens is 330 g/mol. The van der Waals surface area contributed by atoms with Crippen LogP contribution in [0.2, 0.25) is 5.02 Å². The van der Waals surface area contributed by atoms with E-state index >= 15 is 0 Å². The fraction of sp³-hybridized carbons (Fsp3) is 0.286. The first kappa shape index (κ1) is 16.2. The number of hydrogen-bond acceptors (Lipinski definition) is 2. The Morgan fingerprint density at radius 3 is 2.52 bits per heavy atom. The summed E-state index contributed by atoms with van der Waals surface area (Å²) in [7, 11) is 0. The van der Waals surface area contributed by atoms with Crippen LogP contribution >= 0.6 is 11.6 Å². The average molecular weight is 352 g/mol. The minimum absolute atomic E-state index is 0.752. The minimum Gasteiger partial charge on any atom is -0.370 e. The van der Waals surface area contributed by atoms with Crippen molar-refractivity contribution in [3.63, 3.8) is 0 Å². The lowest BCUT2D eigenvalue weighted by molar-refractivity contribution is 0.780. The standard InChI is InChI=1S/C21H22ClN3/c1-2-15-6-12-18(13-7-15)25-21-19(5-3-4-14-23-21)20(24-25)16-8-10-17(22)11-9-16/h6-13,23H,2-5,14H2,1H3. The predicted octanol–water partition coefficient (Wildman–Crippen LogP) is 5.50. The van der Waals surface area contributed by atoms with E-state index in [1.807, 2.05) is 12.1 Å². The maximum Gasteiger partial charge on any atom is 0.133 e. The van der Waals surface area contributed by atoms with Gasteiger partial charge < -0.3 is 5.32 Å². The van der Waals surface area contributed by atoms with Crippen LogP contribution in [0, 0.1) is 0 Å². The van der Waals surface area contributed by atoms with Gasteiger partial charge in [-0.2, -0.15) is 5.10 Å². The molecule has 1 aliphatic rings. The van der Waals surface area contributed by atoms with Gasteiger partial charge in [0.1, 0.15) is 5.82 Å². The number of anilines is 1. The molecule has 0 aliphatic carbocycles. The molecule has 1 aromatic heterocycles. The Balaban J connectivity index is 1.85. The minimum atomic E-state index is 0.752. The topological polar surface area (TPSA) is 29.9 Å². The third-order valence-corrected chi connectivity index (χ3v) is 5.09. The lowest BCUT2D eigenvalue weighted by Gasteiger charge is -2.09. The second-order valence-corrected chi connectivity index (χ2v) is 6.93. The van der Waals surface area contributed by atoms with Crippen molar-refractivity contribution in [3.05, 3.63) is 64.7 Å². The fourth-order valence-electron chi connectivity index (χ4n) is 3.40. The third kappa shape index (κ3) is 3.16. The number of aromatic nitrogens is 2. The first-order valence-corrected chi connectivity index (χ1v) is 9.35. The van der Waals surface area contributed by atoms with Gasteiger partial charge in [-0.15, -0.1) is 0 Å². The number of hydrogen-bond donors (Lipinski definition) is 1. The SMILES string of the molecule is CCc1ccc(-n2nc(-c3ccc(Cl)cc3)c3c2NCCCC3)cc1. The molecule has 0 radical (unpaired) electrons. The summed E-state index contributed by atoms with van der Waals surface area (Å²) < 4.78 is 2.06. The maximum atomic E-state index is 6.06. The van der Waals surface area contributed by atoms with E-state index in [0.29, 0.717) is 0 Å². The van der Waals surface area contributed by atoms with Gasteiger partial charge in [0, 0.05) is 22.7 Å². The zero-order chi connectivity index (χ0) is 17.2. The van der Waals surface area contributed by atoms with Crippen LogP contribution in [-0.2, 0) is 12.8 Å². The smallest absolute Gasteiger partial charge is 0.133 e. The lowest BCUT2D eigenvalue weighted by Crippen LogP contribution is -2.07. The quantitative estimate of drug-likeness (QED) is 0.674. The van der Waals surface area contributed by atoms with Crippen LogP contribution in [0.15, 0.2) is 48.5 Å². The van der Waals surface area contributed by atoms with Crippen molar-refractivity contribution >= 4 is 17.4 Å². The molecule has 3 nitrogen and oxygen atoms in total. The molecule has 4 rings (SSSR count). The predicted molar refractivity (Wildman–Crippen MR) is 105 cm³/mol. The Morgan fingerprint density at radius 2 is 1.80 bits per heavy atom. The van der Waals surface area contributed by atoms with Crippen molar-refractivity contribution in [2.75, 3.05) is 11.9 Å². The first-order chi connectivity index (χ1) is 12.3. The Kier molecular flexibility index (Phi) is 4.50. The molecule has 0 unspecified atom stereocenters. The molecule has 128 valence electrons. The monoisotopic (exact) mass is 351 g/mol. The number of nitrogens with one attached hydrogen (secondary N) is 1. The van der Waals surface area contributed by atoms with Gasteiger partial charge >= 0.3 is 0 Å². The zero-order valence-electron chi connectivity index (χ0n) is 14.4. The lowest BCUT2D eigenvalue weighted by atomic mass is 10.0. The summed E-state index contributed by atoms with van der Waals surface area (Å²) >= 11 is 6.06. The Morgan fingerprint density at radius 1 is 1.04 bits per heavy atom. The maximum absolute atomic E-state index is 6.06. The van der Waals surface area contributed by atoms with Crippen LogP contribution in [-0.4, -0.2) is 16.3 Å². The Labute approximate surface area is 153 Å². The van der Waals surface area contributed by atoms with E-state index < -0.39 is 0 Å². The van der Waals surface area contributed by atoms with E-state index in [0.717, 1.165) is 47.2 Å². The molecule has 3 aromatic rings. The summed E-state index contributed by atoms with van der Waals surface area (Å²) in [6, 6.07) is 16.7. The molecule has 0 saturated carbocycles. The summed E-state index contributed by atoms with van der Waals surface area (Å²) in [5.41, 5.74) is 5.92. The molecule has 0 atom stereocenters. The van der Waals surface area contributed by atoms with Crippen molar-refractivity contribution in [3.8, 4) is 16.9 Å². The van der Waals surface area contributed by atoms with E-state index in [-0.39, 0.29) is 0 Å². The van der Waals surface area contributed by atoms with Gasteiger partial charge in [0.15, 0.2) is 0 Å². The molecule has 4 heteroatoms. The van der Waals surface area contributed by atoms with E-state index in [9.17, 15) is 0 Å². The molecule has 1 N–H and O–H groups in total. The van der Waals surface area contributed by atoms with Gasteiger partial charge in [0.25, 0.3) is 0 Å². The van der Waals surface area contributed by atoms with Crippen LogP contribution in [0.25, 0.3) is 16.9 Å². The highest BCUT2D eigenvalue weighted by molar-refractivity contribution is 6.30. The van der Waals surface area contributed by atoms with Crippen molar-refractivity contribution in [1.29, 1.82) is 0 Å². The molecule has 1 aliphatic heterocycles. The molecule has 0 spiro atoms. The molecule has 0 saturated heterocycles. The second kappa shape index (κ2) is 6.93. The second-order valence-electron chi connectivity index (χ2n) is 6.50. The van der Waals surface area contributed by atoms with Crippen LogP contribution in [0.5, 0.6) is 0 Å². The van der Waals surface area contributed by atoms with E-state index in [4.69, 9.17) is 16.7 Å². The zero-order valence-corrected chi connectivity index (χ0v) is 15.2. The molecular formula is C21H22ClN3. The molecule has 0 fully saturated rings. The third-order valence-electron chi connectivity index (χ3n) is 4.84. The Bertz CT molecular complexity index is 863. The normalized spacial score (nSPS) is 13.8. The largest absolute Gasteiger partial charge is 0.370 e. The van der Waals surface area contributed by atoms with Crippen molar-refractivity contribution < 1.29 is 0 Å². The van der Waals surface area contributed by atoms with Gasteiger partial charge in [-0.05, 0) is 55.5 Å². The van der Waals surface area contributed by atoms with Gasteiger partial charge in [-0.25, -0.2) is 4.68 Å². The summed E-state index contributed by atoms with van der Waals surface area (Å²) in [6.45, 7) is 3.17. The summed E-state index contributed by atoms with van der Waals surface area (Å²) in [6.07, 6.45) is 4.46. The molecule has 2 heterocycles. The number of benzene rings is 2. The van der Waals surface area contributed by atoms with Gasteiger partial charge in [-0.3, -0.25) is 0 Å². The molecule has 2 aromatic carbocycles. The summed E-state index contributed by atoms with van der Waals surface area (Å²) in [5, 5.41) is 9.32. The van der Waals surface area contributed by atoms with Crippen molar-refractivity contribution in [1.82, 2.24) is 9.78 Å². The summed E-state index contributed by atoms with van der Waals surface area (Å²) in [4.78, 5) is 0. The highest BCUT2D eigenvalue weighted by Crippen LogP contribution is 2.34. The van der Waals surface area contributed by atoms with Crippen LogP contribution in [0.3, 0.4) is 0 Å². The number of halogens is 1. The van der Waals surface area contributed by atoms with Gasteiger partial charge in [0.2, 0.25) is 0 Å². The number of fused-ring (bicyclic) bond motifs is 1. The first-order valence-electron chi connectivity index (χ1n) is 8.97. The van der Waals surface area contributed by atoms with Gasteiger partial charge in [-0.1, -0.05) is 42.8 Å². The van der Waals surface area contributed by atoms with E-state index in [2.05, 4.69) is 53.3 Å². The number of aryl methyl sites for hydroxylation is 1. The van der Waals surface area contributed by atoms with Crippen LogP contribution in [0.1, 0.15) is 30.9 Å². The fourth-order valence-corrected chi connectivity index (χ4v) is 3.53. The molecule has 0 bridgehead atoms. The summed E-state index contributed by atoms with van der Waals surface area (Å²) in [5.74, 6) is 1.13. The highest BCUT2D eigenvalue weighted by atomic mass is 35.5. The molecule has 0 amide bonds. The van der Waals surface area contributed by atoms with E-state index in [1.165, 1.54) is 24.0 Å². The van der Waals surface area contributed by atoms with Crippen molar-refractivity contribution in [2.45, 2.75) is 32.6 Å². The van der Waals surface area contributed by atoms with Gasteiger partial charge in [0.05, 0.1) is 11.4 Å². The Hall–Kier alpha value is -2.26. The average Bonchev–Trinajstić information content (AvgIpc) is 2.84. The van der Waals surface area contributed by atoms with Crippen LogP contribution < -0.4 is 5.32 Å². The number of nitrogens with zero attached hydrogens (tertiary/aromatic N) is 2.